The van der Waals surface area contributed by atoms with Crippen LogP contribution < -0.4 is 0 Å². The van der Waals surface area contributed by atoms with Gasteiger partial charge < -0.3 is 9.40 Å². The van der Waals surface area contributed by atoms with E-state index < -0.39 is 0 Å². The van der Waals surface area contributed by atoms with Gasteiger partial charge in [0, 0.05) is 16.6 Å². The minimum absolute atomic E-state index is 0.439. The summed E-state index contributed by atoms with van der Waals surface area (Å²) in [5.74, 6) is 0. The lowest BCUT2D eigenvalue weighted by molar-refractivity contribution is 0.132. The Morgan fingerprint density at radius 2 is 1.41 bits per heavy atom. The predicted molar refractivity (Wildman–Crippen MR) is 132 cm³/mol. The van der Waals surface area contributed by atoms with Crippen molar-refractivity contribution < 1.29 is 4.84 Å². The Balaban J connectivity index is 1.60. The molecular weight excluding hydrogens is 392 g/mol. The molecule has 5 aromatic rings. The van der Waals surface area contributed by atoms with E-state index in [0.29, 0.717) is 6.61 Å². The van der Waals surface area contributed by atoms with Gasteiger partial charge in [-0.15, -0.1) is 0 Å². The lowest BCUT2D eigenvalue weighted by atomic mass is 10.1. The SMILES string of the molecule is Cc1ccc(CON=Cc2c(-c3ccccc3)n(-c3ccccc3)c3ccccc23)cc1. The van der Waals surface area contributed by atoms with Crippen molar-refractivity contribution in [3.63, 3.8) is 0 Å². The second-order valence-corrected chi connectivity index (χ2v) is 7.81. The number of rotatable bonds is 6. The number of oxime groups is 1. The van der Waals surface area contributed by atoms with E-state index in [0.717, 1.165) is 39.0 Å². The van der Waals surface area contributed by atoms with E-state index in [4.69, 9.17) is 4.84 Å². The summed E-state index contributed by atoms with van der Waals surface area (Å²) in [6.07, 6.45) is 1.85. The Kier molecular flexibility index (Phi) is 5.54. The molecule has 0 N–H and O–H groups in total. The Hall–Kier alpha value is -4.11. The third-order valence-corrected chi connectivity index (χ3v) is 5.58. The number of hydrogen-bond donors (Lipinski definition) is 0. The van der Waals surface area contributed by atoms with E-state index in [1.54, 1.807) is 0 Å². The molecule has 0 bridgehead atoms. The van der Waals surface area contributed by atoms with Gasteiger partial charge in [-0.05, 0) is 36.2 Å². The van der Waals surface area contributed by atoms with E-state index in [-0.39, 0.29) is 0 Å². The van der Waals surface area contributed by atoms with Crippen molar-refractivity contribution in [1.29, 1.82) is 0 Å². The monoisotopic (exact) mass is 416 g/mol. The van der Waals surface area contributed by atoms with Gasteiger partial charge in [-0.2, -0.15) is 0 Å². The van der Waals surface area contributed by atoms with Gasteiger partial charge in [0.05, 0.1) is 17.4 Å². The predicted octanol–water partition coefficient (Wildman–Crippen LogP) is 7.16. The smallest absolute Gasteiger partial charge is 0.142 e. The minimum Gasteiger partial charge on any atom is -0.391 e. The van der Waals surface area contributed by atoms with Crippen LogP contribution in [0.5, 0.6) is 0 Å². The van der Waals surface area contributed by atoms with Gasteiger partial charge in [-0.25, -0.2) is 0 Å². The molecule has 1 aromatic heterocycles. The standard InChI is InChI=1S/C29H24N2O/c1-22-16-18-23(19-17-22)21-32-30-20-27-26-14-8-9-15-28(26)31(25-12-6-3-7-13-25)29(27)24-10-4-2-5-11-24/h2-20H,21H2,1H3. The van der Waals surface area contributed by atoms with Gasteiger partial charge in [0.15, 0.2) is 0 Å². The quantitative estimate of drug-likeness (QED) is 0.213. The van der Waals surface area contributed by atoms with Crippen molar-refractivity contribution in [2.75, 3.05) is 0 Å². The Bertz CT molecular complexity index is 1350. The third kappa shape index (κ3) is 3.93. The molecule has 0 radical (unpaired) electrons. The van der Waals surface area contributed by atoms with Gasteiger partial charge in [0.25, 0.3) is 0 Å². The van der Waals surface area contributed by atoms with Gasteiger partial charge in [0.1, 0.15) is 6.61 Å². The zero-order valence-electron chi connectivity index (χ0n) is 18.0. The number of benzene rings is 4. The van der Waals surface area contributed by atoms with Crippen molar-refractivity contribution >= 4 is 17.1 Å². The first-order valence-electron chi connectivity index (χ1n) is 10.8. The van der Waals surface area contributed by atoms with Gasteiger partial charge in [0.2, 0.25) is 0 Å². The molecule has 0 aliphatic heterocycles. The molecule has 4 aromatic carbocycles. The Morgan fingerprint density at radius 1 is 0.750 bits per heavy atom. The Labute approximate surface area is 188 Å². The molecule has 5 rings (SSSR count). The van der Waals surface area contributed by atoms with E-state index in [1.165, 1.54) is 5.56 Å². The summed E-state index contributed by atoms with van der Waals surface area (Å²) in [4.78, 5) is 5.68. The molecule has 0 atom stereocenters. The highest BCUT2D eigenvalue weighted by atomic mass is 16.6. The summed E-state index contributed by atoms with van der Waals surface area (Å²) >= 11 is 0. The van der Waals surface area contributed by atoms with Crippen LogP contribution in [0.3, 0.4) is 0 Å². The second kappa shape index (κ2) is 8.94. The maximum absolute atomic E-state index is 5.68. The molecule has 0 unspecified atom stereocenters. The summed E-state index contributed by atoms with van der Waals surface area (Å²) < 4.78 is 2.30. The van der Waals surface area contributed by atoms with Crippen LogP contribution in [0.1, 0.15) is 16.7 Å². The average Bonchev–Trinajstić information content (AvgIpc) is 3.18. The number of aryl methyl sites for hydroxylation is 1. The van der Waals surface area contributed by atoms with Crippen molar-refractivity contribution in [3.8, 4) is 16.9 Å². The molecule has 0 saturated carbocycles. The van der Waals surface area contributed by atoms with Crippen molar-refractivity contribution in [2.45, 2.75) is 13.5 Å². The molecule has 0 amide bonds. The third-order valence-electron chi connectivity index (χ3n) is 5.58. The molecule has 3 nitrogen and oxygen atoms in total. The highest BCUT2D eigenvalue weighted by Gasteiger charge is 2.18. The number of fused-ring (bicyclic) bond motifs is 1. The van der Waals surface area contributed by atoms with E-state index in [1.807, 2.05) is 18.3 Å². The van der Waals surface area contributed by atoms with Crippen LogP contribution in [-0.4, -0.2) is 10.8 Å². The largest absolute Gasteiger partial charge is 0.391 e. The molecule has 32 heavy (non-hydrogen) atoms. The van der Waals surface area contributed by atoms with E-state index in [2.05, 4.69) is 114 Å². The minimum atomic E-state index is 0.439. The first-order valence-corrected chi connectivity index (χ1v) is 10.8. The molecule has 3 heteroatoms. The van der Waals surface area contributed by atoms with Crippen molar-refractivity contribution in [2.24, 2.45) is 5.16 Å². The van der Waals surface area contributed by atoms with Crippen LogP contribution in [0.4, 0.5) is 0 Å². The van der Waals surface area contributed by atoms with E-state index in [9.17, 15) is 0 Å². The van der Waals surface area contributed by atoms with E-state index >= 15 is 0 Å². The van der Waals surface area contributed by atoms with Crippen LogP contribution in [-0.2, 0) is 11.4 Å². The summed E-state index contributed by atoms with van der Waals surface area (Å²) in [7, 11) is 0. The van der Waals surface area contributed by atoms with Crippen LogP contribution in [0.25, 0.3) is 27.8 Å². The van der Waals surface area contributed by atoms with Crippen LogP contribution >= 0.6 is 0 Å². The molecule has 0 fully saturated rings. The number of para-hydroxylation sites is 2. The fourth-order valence-corrected chi connectivity index (χ4v) is 4.01. The van der Waals surface area contributed by atoms with Crippen LogP contribution in [0, 0.1) is 6.92 Å². The zero-order chi connectivity index (χ0) is 21.8. The fraction of sp³-hybridized carbons (Fsp3) is 0.0690. The van der Waals surface area contributed by atoms with Crippen LogP contribution in [0.2, 0.25) is 0 Å². The normalized spacial score (nSPS) is 11.3. The summed E-state index contributed by atoms with van der Waals surface area (Å²) in [6.45, 7) is 2.52. The van der Waals surface area contributed by atoms with Crippen molar-refractivity contribution in [3.05, 3.63) is 126 Å². The molecule has 156 valence electrons. The summed E-state index contributed by atoms with van der Waals surface area (Å²) in [5.41, 5.74) is 7.86. The fourth-order valence-electron chi connectivity index (χ4n) is 4.01. The van der Waals surface area contributed by atoms with Gasteiger partial charge >= 0.3 is 0 Å². The lowest BCUT2D eigenvalue weighted by Gasteiger charge is -2.12. The molecular formula is C29H24N2O. The zero-order valence-corrected chi connectivity index (χ0v) is 18.0. The summed E-state index contributed by atoms with van der Waals surface area (Å²) in [6, 6.07) is 37.6. The second-order valence-electron chi connectivity index (χ2n) is 7.81. The molecule has 0 saturated heterocycles. The maximum Gasteiger partial charge on any atom is 0.142 e. The molecule has 0 aliphatic rings. The van der Waals surface area contributed by atoms with Crippen LogP contribution in [0.15, 0.2) is 114 Å². The first-order chi connectivity index (χ1) is 15.8. The van der Waals surface area contributed by atoms with Gasteiger partial charge in [-0.1, -0.05) is 102 Å². The van der Waals surface area contributed by atoms with Crippen molar-refractivity contribution in [1.82, 2.24) is 4.57 Å². The average molecular weight is 417 g/mol. The highest BCUT2D eigenvalue weighted by molar-refractivity contribution is 6.07. The topological polar surface area (TPSA) is 26.5 Å². The highest BCUT2D eigenvalue weighted by Crippen LogP contribution is 2.35. The molecule has 0 aliphatic carbocycles. The number of hydrogen-bond acceptors (Lipinski definition) is 2. The van der Waals surface area contributed by atoms with Gasteiger partial charge in [-0.3, -0.25) is 0 Å². The molecule has 0 spiro atoms. The first kappa shape index (κ1) is 19.8. The Morgan fingerprint density at radius 3 is 2.16 bits per heavy atom. The number of nitrogens with zero attached hydrogens (tertiary/aromatic N) is 2. The molecule has 1 heterocycles. The maximum atomic E-state index is 5.68. The number of aromatic nitrogens is 1. The lowest BCUT2D eigenvalue weighted by Crippen LogP contribution is -1.98. The summed E-state index contributed by atoms with van der Waals surface area (Å²) in [5, 5.41) is 5.50.